The van der Waals surface area contributed by atoms with E-state index in [0.29, 0.717) is 10.4 Å². The largest absolute Gasteiger partial charge is 0.398 e. The van der Waals surface area contributed by atoms with E-state index in [1.54, 1.807) is 16.8 Å². The lowest BCUT2D eigenvalue weighted by Gasteiger charge is -2.17. The van der Waals surface area contributed by atoms with E-state index >= 15 is 0 Å². The maximum Gasteiger partial charge on any atom is 0.250 e. The first-order valence-corrected chi connectivity index (χ1v) is 6.47. The molecule has 0 spiro atoms. The van der Waals surface area contributed by atoms with Crippen molar-refractivity contribution in [3.63, 3.8) is 0 Å². The summed E-state index contributed by atoms with van der Waals surface area (Å²) in [6.45, 7) is 7.34. The van der Waals surface area contributed by atoms with E-state index < -0.39 is 0 Å². The summed E-state index contributed by atoms with van der Waals surface area (Å²) in [6.07, 6.45) is 2.70. The average molecular weight is 240 g/mol. The Morgan fingerprint density at radius 3 is 2.69 bits per heavy atom. The third-order valence-corrected chi connectivity index (χ3v) is 3.44. The molecule has 1 heterocycles. The van der Waals surface area contributed by atoms with Gasteiger partial charge in [-0.05, 0) is 18.2 Å². The number of hydrogen-bond donors (Lipinski definition) is 1. The lowest BCUT2D eigenvalue weighted by Crippen LogP contribution is -2.19. The Kier molecular flexibility index (Phi) is 4.47. The second kappa shape index (κ2) is 5.43. The highest BCUT2D eigenvalue weighted by Crippen LogP contribution is 2.23. The molecule has 0 aromatic carbocycles. The lowest BCUT2D eigenvalue weighted by atomic mass is 10.3. The fourth-order valence-electron chi connectivity index (χ4n) is 1.34. The second-order valence-corrected chi connectivity index (χ2v) is 6.73. The average Bonchev–Trinajstić information content (AvgIpc) is 2.16. The monoisotopic (exact) mass is 240 g/mol. The Labute approximate surface area is 101 Å². The Morgan fingerprint density at radius 1 is 1.38 bits per heavy atom. The summed E-state index contributed by atoms with van der Waals surface area (Å²) in [4.78, 5) is 11.5. The van der Waals surface area contributed by atoms with E-state index in [9.17, 15) is 4.79 Å². The highest BCUT2D eigenvalue weighted by Gasteiger charge is 2.09. The van der Waals surface area contributed by atoms with Crippen molar-refractivity contribution in [1.29, 1.82) is 0 Å². The zero-order chi connectivity index (χ0) is 12.2. The summed E-state index contributed by atoms with van der Waals surface area (Å²) in [5.41, 5.74) is 6.30. The molecule has 1 aromatic rings. The standard InChI is InChI=1S/C12H20N2OS/c1-12(2,3)16-8-4-7-14-9-10(13)5-6-11(14)15/h5-6,9H,4,7-8,13H2,1-3H3. The Hall–Kier alpha value is -0.900. The zero-order valence-corrected chi connectivity index (χ0v) is 11.0. The van der Waals surface area contributed by atoms with E-state index in [-0.39, 0.29) is 5.56 Å². The molecule has 0 atom stereocenters. The maximum absolute atomic E-state index is 11.5. The number of thioether (sulfide) groups is 1. The molecule has 0 aliphatic rings. The first kappa shape index (κ1) is 13.2. The molecule has 0 saturated heterocycles. The molecule has 0 unspecified atom stereocenters. The molecule has 0 radical (unpaired) electrons. The Morgan fingerprint density at radius 2 is 2.06 bits per heavy atom. The van der Waals surface area contributed by atoms with Crippen molar-refractivity contribution in [2.45, 2.75) is 38.5 Å². The van der Waals surface area contributed by atoms with E-state index in [2.05, 4.69) is 20.8 Å². The molecular weight excluding hydrogens is 220 g/mol. The number of pyridine rings is 1. The van der Waals surface area contributed by atoms with Gasteiger partial charge in [-0.3, -0.25) is 4.79 Å². The molecule has 0 aliphatic heterocycles. The number of aryl methyl sites for hydroxylation is 1. The van der Waals surface area contributed by atoms with E-state index in [1.807, 2.05) is 11.8 Å². The summed E-state index contributed by atoms with van der Waals surface area (Å²) >= 11 is 1.92. The molecular formula is C12H20N2OS. The first-order chi connectivity index (χ1) is 7.38. The van der Waals surface area contributed by atoms with Crippen LogP contribution in [0.2, 0.25) is 0 Å². The van der Waals surface area contributed by atoms with Crippen LogP contribution < -0.4 is 11.3 Å². The van der Waals surface area contributed by atoms with Crippen LogP contribution in [-0.4, -0.2) is 15.1 Å². The summed E-state index contributed by atoms with van der Waals surface area (Å²) in [5.74, 6) is 1.06. The van der Waals surface area contributed by atoms with Gasteiger partial charge in [0.1, 0.15) is 0 Å². The van der Waals surface area contributed by atoms with Crippen LogP contribution in [0.5, 0.6) is 0 Å². The smallest absolute Gasteiger partial charge is 0.250 e. The van der Waals surface area contributed by atoms with Crippen LogP contribution in [0.25, 0.3) is 0 Å². The predicted molar refractivity (Wildman–Crippen MR) is 71.9 cm³/mol. The third kappa shape index (κ3) is 4.75. The highest BCUT2D eigenvalue weighted by atomic mass is 32.2. The zero-order valence-electron chi connectivity index (χ0n) is 10.2. The SMILES string of the molecule is CC(C)(C)SCCCn1cc(N)ccc1=O. The molecule has 0 aliphatic carbocycles. The second-order valence-electron chi connectivity index (χ2n) is 4.81. The number of hydrogen-bond acceptors (Lipinski definition) is 3. The minimum atomic E-state index is 0.0231. The number of nitrogens with zero attached hydrogens (tertiary/aromatic N) is 1. The highest BCUT2D eigenvalue weighted by molar-refractivity contribution is 8.00. The quantitative estimate of drug-likeness (QED) is 0.822. The molecule has 16 heavy (non-hydrogen) atoms. The molecule has 4 heteroatoms. The van der Waals surface area contributed by atoms with Crippen LogP contribution in [0.15, 0.2) is 23.1 Å². The lowest BCUT2D eigenvalue weighted by molar-refractivity contribution is 0.657. The van der Waals surface area contributed by atoms with Crippen molar-refractivity contribution in [2.75, 3.05) is 11.5 Å². The van der Waals surface area contributed by atoms with E-state index in [1.165, 1.54) is 6.07 Å². The first-order valence-electron chi connectivity index (χ1n) is 5.48. The fourth-order valence-corrected chi connectivity index (χ4v) is 2.22. The van der Waals surface area contributed by atoms with Gasteiger partial charge in [0.05, 0.1) is 0 Å². The normalized spacial score (nSPS) is 11.7. The molecule has 1 aromatic heterocycles. The van der Waals surface area contributed by atoms with Crippen molar-refractivity contribution < 1.29 is 0 Å². The molecule has 0 amide bonds. The minimum Gasteiger partial charge on any atom is -0.398 e. The Balaban J connectivity index is 2.43. The molecule has 0 saturated carbocycles. The van der Waals surface area contributed by atoms with Crippen LogP contribution in [0.4, 0.5) is 5.69 Å². The van der Waals surface area contributed by atoms with Crippen LogP contribution in [-0.2, 0) is 6.54 Å². The van der Waals surface area contributed by atoms with Gasteiger partial charge in [-0.25, -0.2) is 0 Å². The predicted octanol–water partition coefficient (Wildman–Crippen LogP) is 2.35. The number of anilines is 1. The molecule has 3 nitrogen and oxygen atoms in total. The van der Waals surface area contributed by atoms with Crippen LogP contribution >= 0.6 is 11.8 Å². The van der Waals surface area contributed by atoms with Crippen LogP contribution in [0.1, 0.15) is 27.2 Å². The van der Waals surface area contributed by atoms with Crippen molar-refractivity contribution in [2.24, 2.45) is 0 Å². The van der Waals surface area contributed by atoms with Crippen molar-refractivity contribution in [3.8, 4) is 0 Å². The summed E-state index contributed by atoms with van der Waals surface area (Å²) in [5, 5.41) is 0. The molecule has 1 rings (SSSR count). The van der Waals surface area contributed by atoms with Gasteiger partial charge in [0.25, 0.3) is 5.56 Å². The van der Waals surface area contributed by atoms with Gasteiger partial charge < -0.3 is 10.3 Å². The molecule has 90 valence electrons. The minimum absolute atomic E-state index is 0.0231. The summed E-state index contributed by atoms with van der Waals surface area (Å²) in [6, 6.07) is 3.16. The maximum atomic E-state index is 11.5. The molecule has 0 fully saturated rings. The van der Waals surface area contributed by atoms with Crippen molar-refractivity contribution in [3.05, 3.63) is 28.7 Å². The van der Waals surface area contributed by atoms with Crippen LogP contribution in [0, 0.1) is 0 Å². The van der Waals surface area contributed by atoms with Gasteiger partial charge >= 0.3 is 0 Å². The van der Waals surface area contributed by atoms with Gasteiger partial charge in [0, 0.05) is 29.2 Å². The van der Waals surface area contributed by atoms with Gasteiger partial charge in [-0.15, -0.1) is 0 Å². The van der Waals surface area contributed by atoms with Gasteiger partial charge in [-0.2, -0.15) is 11.8 Å². The Bertz CT molecular complexity index is 393. The topological polar surface area (TPSA) is 48.0 Å². The van der Waals surface area contributed by atoms with Gasteiger partial charge in [-0.1, -0.05) is 20.8 Å². The number of nitrogen functional groups attached to an aromatic ring is 1. The van der Waals surface area contributed by atoms with E-state index in [0.717, 1.165) is 18.7 Å². The number of rotatable bonds is 4. The van der Waals surface area contributed by atoms with Gasteiger partial charge in [0.15, 0.2) is 0 Å². The van der Waals surface area contributed by atoms with Crippen molar-refractivity contribution >= 4 is 17.4 Å². The molecule has 2 N–H and O–H groups in total. The third-order valence-electron chi connectivity index (χ3n) is 2.08. The van der Waals surface area contributed by atoms with Gasteiger partial charge in [0.2, 0.25) is 0 Å². The summed E-state index contributed by atoms with van der Waals surface area (Å²) < 4.78 is 1.97. The summed E-state index contributed by atoms with van der Waals surface area (Å²) in [7, 11) is 0. The van der Waals surface area contributed by atoms with Crippen molar-refractivity contribution in [1.82, 2.24) is 4.57 Å². The number of aromatic nitrogens is 1. The fraction of sp³-hybridized carbons (Fsp3) is 0.583. The molecule has 0 bridgehead atoms. The number of nitrogens with two attached hydrogens (primary N) is 1. The van der Waals surface area contributed by atoms with Crippen LogP contribution in [0.3, 0.4) is 0 Å². The van der Waals surface area contributed by atoms with E-state index in [4.69, 9.17) is 5.73 Å².